The third-order valence-corrected chi connectivity index (χ3v) is 4.29. The van der Waals surface area contributed by atoms with Crippen molar-refractivity contribution in [2.75, 3.05) is 0 Å². The van der Waals surface area contributed by atoms with Gasteiger partial charge in [-0.1, -0.05) is 17.4 Å². The van der Waals surface area contributed by atoms with E-state index in [2.05, 4.69) is 10.1 Å². The van der Waals surface area contributed by atoms with Crippen LogP contribution in [0.2, 0.25) is 0 Å². The first kappa shape index (κ1) is 11.4. The number of rotatable bonds is 4. The minimum atomic E-state index is -0.804. The van der Waals surface area contributed by atoms with Crippen LogP contribution in [0.5, 0.6) is 0 Å². The molecule has 3 rings (SSSR count). The van der Waals surface area contributed by atoms with Crippen LogP contribution in [-0.4, -0.2) is 25.7 Å². The third kappa shape index (κ3) is 2.14. The Balaban J connectivity index is 1.87. The summed E-state index contributed by atoms with van der Waals surface area (Å²) in [5.74, 6) is -0.804. The molecule has 0 bridgehead atoms. The van der Waals surface area contributed by atoms with Gasteiger partial charge in [0.05, 0.1) is 17.5 Å². The van der Waals surface area contributed by atoms with Gasteiger partial charge in [-0.25, -0.2) is 9.50 Å². The normalized spacial score (nSPS) is 11.1. The van der Waals surface area contributed by atoms with Crippen LogP contribution in [0.1, 0.15) is 11.4 Å². The molecule has 0 unspecified atom stereocenters. The molecule has 3 aromatic rings. The number of imidazole rings is 1. The molecule has 0 aliphatic rings. The first-order chi connectivity index (χ1) is 8.72. The second-order valence-corrected chi connectivity index (χ2v) is 5.71. The van der Waals surface area contributed by atoms with Crippen molar-refractivity contribution < 1.29 is 9.90 Å². The fourth-order valence-corrected chi connectivity index (χ4v) is 3.15. The van der Waals surface area contributed by atoms with Crippen LogP contribution in [0, 0.1) is 0 Å². The molecule has 0 amide bonds. The molecule has 7 heteroatoms. The molecule has 0 fully saturated rings. The summed E-state index contributed by atoms with van der Waals surface area (Å²) in [5.41, 5.74) is 0.911. The molecular weight excluding hydrogens is 270 g/mol. The molecule has 0 saturated heterocycles. The summed E-state index contributed by atoms with van der Waals surface area (Å²) >= 11 is 3.08. The average molecular weight is 279 g/mol. The molecule has 0 radical (unpaired) electrons. The summed E-state index contributed by atoms with van der Waals surface area (Å²) in [6.45, 7) is 0. The lowest BCUT2D eigenvalue weighted by atomic mass is 10.3. The van der Waals surface area contributed by atoms with Gasteiger partial charge in [-0.05, 0) is 11.4 Å². The Labute approximate surface area is 110 Å². The highest BCUT2D eigenvalue weighted by atomic mass is 32.1. The third-order valence-electron chi connectivity index (χ3n) is 2.41. The maximum absolute atomic E-state index is 10.5. The van der Waals surface area contributed by atoms with Gasteiger partial charge in [0.15, 0.2) is 0 Å². The Morgan fingerprint density at radius 3 is 3.06 bits per heavy atom. The van der Waals surface area contributed by atoms with Gasteiger partial charge in [0, 0.05) is 6.42 Å². The van der Waals surface area contributed by atoms with Crippen molar-refractivity contribution in [1.29, 1.82) is 0 Å². The van der Waals surface area contributed by atoms with Gasteiger partial charge in [-0.2, -0.15) is 5.10 Å². The van der Waals surface area contributed by atoms with E-state index < -0.39 is 5.97 Å². The van der Waals surface area contributed by atoms with Crippen LogP contribution in [-0.2, 0) is 11.2 Å². The number of aryl methyl sites for hydroxylation is 1. The minimum absolute atomic E-state index is 0.106. The summed E-state index contributed by atoms with van der Waals surface area (Å²) < 4.78 is 1.72. The molecule has 92 valence electrons. The lowest BCUT2D eigenvalue weighted by molar-refractivity contribution is -0.136. The Hall–Kier alpha value is -1.73. The van der Waals surface area contributed by atoms with Gasteiger partial charge >= 0.3 is 5.97 Å². The molecule has 0 atom stereocenters. The molecule has 0 aliphatic carbocycles. The Morgan fingerprint density at radius 2 is 2.39 bits per heavy atom. The van der Waals surface area contributed by atoms with E-state index in [0.29, 0.717) is 6.42 Å². The fraction of sp³-hybridized carbons (Fsp3) is 0.182. The Bertz CT molecular complexity index is 653. The van der Waals surface area contributed by atoms with E-state index in [0.717, 1.165) is 20.5 Å². The smallest absolute Gasteiger partial charge is 0.303 e. The maximum Gasteiger partial charge on any atom is 0.303 e. The Morgan fingerprint density at radius 1 is 1.50 bits per heavy atom. The van der Waals surface area contributed by atoms with Gasteiger partial charge in [0.2, 0.25) is 4.96 Å². The van der Waals surface area contributed by atoms with Gasteiger partial charge in [-0.3, -0.25) is 4.79 Å². The highest BCUT2D eigenvalue weighted by Gasteiger charge is 2.10. The zero-order valence-corrected chi connectivity index (χ0v) is 10.9. The quantitative estimate of drug-likeness (QED) is 0.797. The number of hydrogen-bond acceptors (Lipinski definition) is 5. The lowest BCUT2D eigenvalue weighted by Gasteiger charge is -1.89. The van der Waals surface area contributed by atoms with Crippen molar-refractivity contribution >= 4 is 33.6 Å². The van der Waals surface area contributed by atoms with Crippen molar-refractivity contribution in [3.8, 4) is 10.6 Å². The minimum Gasteiger partial charge on any atom is -0.481 e. The Kier molecular flexibility index (Phi) is 2.85. The zero-order valence-electron chi connectivity index (χ0n) is 9.24. The number of carbonyl (C=O) groups is 1. The lowest BCUT2D eigenvalue weighted by Crippen LogP contribution is -1.97. The van der Waals surface area contributed by atoms with E-state index in [1.165, 1.54) is 11.3 Å². The van der Waals surface area contributed by atoms with Gasteiger partial charge < -0.3 is 5.11 Å². The molecule has 3 aromatic heterocycles. The number of carboxylic acid groups (broad SMARTS) is 1. The molecular formula is C11H9N3O2S2. The van der Waals surface area contributed by atoms with E-state index in [1.54, 1.807) is 15.9 Å². The van der Waals surface area contributed by atoms with Crippen LogP contribution >= 0.6 is 22.7 Å². The monoisotopic (exact) mass is 279 g/mol. The number of aliphatic carboxylic acids is 1. The number of carboxylic acids is 1. The molecule has 5 nitrogen and oxygen atoms in total. The number of aromatic nitrogens is 3. The van der Waals surface area contributed by atoms with Crippen molar-refractivity contribution in [3.05, 3.63) is 28.7 Å². The second kappa shape index (κ2) is 4.51. The first-order valence-electron chi connectivity index (χ1n) is 5.33. The molecule has 0 saturated carbocycles. The van der Waals surface area contributed by atoms with E-state index >= 15 is 0 Å². The number of hydrogen-bond donors (Lipinski definition) is 1. The summed E-state index contributed by atoms with van der Waals surface area (Å²) in [6, 6.07) is 4.00. The predicted octanol–water partition coefficient (Wildman–Crippen LogP) is 2.54. The fourth-order valence-electron chi connectivity index (χ4n) is 1.60. The summed E-state index contributed by atoms with van der Waals surface area (Å²) in [6.07, 6.45) is 2.44. The van der Waals surface area contributed by atoms with E-state index in [1.807, 2.05) is 23.7 Å². The number of thiophene rings is 1. The highest BCUT2D eigenvalue weighted by Crippen LogP contribution is 2.26. The molecule has 0 aromatic carbocycles. The van der Waals surface area contributed by atoms with Crippen LogP contribution in [0.3, 0.4) is 0 Å². The van der Waals surface area contributed by atoms with Crippen molar-refractivity contribution in [2.24, 2.45) is 0 Å². The molecule has 1 N–H and O–H groups in total. The predicted molar refractivity (Wildman–Crippen MR) is 70.1 cm³/mol. The number of fused-ring (bicyclic) bond motifs is 1. The zero-order chi connectivity index (χ0) is 12.5. The summed E-state index contributed by atoms with van der Waals surface area (Å²) in [5, 5.41) is 15.8. The average Bonchev–Trinajstić information content (AvgIpc) is 3.00. The van der Waals surface area contributed by atoms with Crippen molar-refractivity contribution in [2.45, 2.75) is 12.8 Å². The van der Waals surface area contributed by atoms with E-state index in [4.69, 9.17) is 5.11 Å². The summed E-state index contributed by atoms with van der Waals surface area (Å²) in [4.78, 5) is 16.9. The van der Waals surface area contributed by atoms with Crippen molar-refractivity contribution in [1.82, 2.24) is 14.6 Å². The van der Waals surface area contributed by atoms with E-state index in [9.17, 15) is 4.79 Å². The van der Waals surface area contributed by atoms with Crippen molar-refractivity contribution in [3.63, 3.8) is 0 Å². The molecule has 0 aliphatic heterocycles. The topological polar surface area (TPSA) is 67.5 Å². The van der Waals surface area contributed by atoms with Gasteiger partial charge in [0.1, 0.15) is 10.7 Å². The largest absolute Gasteiger partial charge is 0.481 e. The van der Waals surface area contributed by atoms with Gasteiger partial charge in [-0.15, -0.1) is 11.3 Å². The standard InChI is InChI=1S/C11H9N3O2S2/c15-10(16)4-3-9-13-14-6-7(12-11(14)18-9)8-2-1-5-17-8/h1-2,5-6H,3-4H2,(H,15,16). The van der Waals surface area contributed by atoms with Crippen LogP contribution < -0.4 is 0 Å². The SMILES string of the molecule is O=C(O)CCc1nn2cc(-c3cccs3)nc2s1. The highest BCUT2D eigenvalue weighted by molar-refractivity contribution is 7.16. The van der Waals surface area contributed by atoms with Gasteiger partial charge in [0.25, 0.3) is 0 Å². The van der Waals surface area contributed by atoms with Crippen LogP contribution in [0.25, 0.3) is 15.5 Å². The number of nitrogens with zero attached hydrogens (tertiary/aromatic N) is 3. The first-order valence-corrected chi connectivity index (χ1v) is 7.03. The molecule has 3 heterocycles. The van der Waals surface area contributed by atoms with Crippen LogP contribution in [0.4, 0.5) is 0 Å². The maximum atomic E-state index is 10.5. The molecule has 18 heavy (non-hydrogen) atoms. The van der Waals surface area contributed by atoms with E-state index in [-0.39, 0.29) is 6.42 Å². The molecule has 0 spiro atoms. The second-order valence-electron chi connectivity index (χ2n) is 3.72. The summed E-state index contributed by atoms with van der Waals surface area (Å²) in [7, 11) is 0. The van der Waals surface area contributed by atoms with Crippen LogP contribution in [0.15, 0.2) is 23.7 Å².